The van der Waals surface area contributed by atoms with Crippen LogP contribution >= 0.6 is 0 Å². The Morgan fingerprint density at radius 2 is 1.45 bits per heavy atom. The highest BCUT2D eigenvalue weighted by Gasteiger charge is 2.41. The zero-order valence-electron chi connectivity index (χ0n) is 21.0. The molecule has 8 heteroatoms. The average Bonchev–Trinajstić information content (AvgIpc) is 3.21. The van der Waals surface area contributed by atoms with Gasteiger partial charge < -0.3 is 9.47 Å². The summed E-state index contributed by atoms with van der Waals surface area (Å²) in [4.78, 5) is 40.9. The molecule has 0 aliphatic carbocycles. The summed E-state index contributed by atoms with van der Waals surface area (Å²) < 4.78 is 11.9. The van der Waals surface area contributed by atoms with Crippen molar-refractivity contribution in [2.75, 3.05) is 5.32 Å². The maximum absolute atomic E-state index is 13.5. The summed E-state index contributed by atoms with van der Waals surface area (Å²) in [7, 11) is 0. The molecule has 0 radical (unpaired) electrons. The molecular weight excluding hydrogens is 482 g/mol. The molecule has 0 amide bonds. The highest BCUT2D eigenvalue weighted by molar-refractivity contribution is 5.83. The topological polar surface area (TPSA) is 98.5 Å². The lowest BCUT2D eigenvalue weighted by Crippen LogP contribution is -2.44. The summed E-state index contributed by atoms with van der Waals surface area (Å²) in [6, 6.07) is 23.6. The number of hydrogen-bond acceptors (Lipinski definition) is 7. The molecule has 2 heterocycles. The second-order valence-corrected chi connectivity index (χ2v) is 9.05. The van der Waals surface area contributed by atoms with Gasteiger partial charge in [-0.05, 0) is 47.5 Å². The van der Waals surface area contributed by atoms with Gasteiger partial charge in [-0.25, -0.2) is 9.78 Å². The van der Waals surface area contributed by atoms with Crippen LogP contribution in [0.2, 0.25) is 0 Å². The number of hydrogen-bond donors (Lipinski definition) is 1. The first kappa shape index (κ1) is 24.8. The van der Waals surface area contributed by atoms with Gasteiger partial charge in [-0.3, -0.25) is 14.9 Å². The summed E-state index contributed by atoms with van der Waals surface area (Å²) in [5.41, 5.74) is 4.18. The third-order valence-corrected chi connectivity index (χ3v) is 6.12. The summed E-state index contributed by atoms with van der Waals surface area (Å²) >= 11 is 0. The molecule has 5 rings (SSSR count). The van der Waals surface area contributed by atoms with Gasteiger partial charge in [-0.2, -0.15) is 4.57 Å². The van der Waals surface area contributed by atoms with Crippen LogP contribution in [0.3, 0.4) is 0 Å². The fraction of sp³-hybridized carbons (Fsp3) is 0.167. The Hall–Kier alpha value is -4.85. The number of esters is 2. The Balaban J connectivity index is 1.45. The van der Waals surface area contributed by atoms with E-state index in [4.69, 9.17) is 14.5 Å². The van der Waals surface area contributed by atoms with E-state index in [1.807, 2.05) is 54.6 Å². The molecule has 1 aliphatic rings. The molecule has 38 heavy (non-hydrogen) atoms. The van der Waals surface area contributed by atoms with Crippen molar-refractivity contribution in [3.05, 3.63) is 102 Å². The van der Waals surface area contributed by atoms with E-state index in [0.29, 0.717) is 35.9 Å². The van der Waals surface area contributed by atoms with Crippen LogP contribution in [0.1, 0.15) is 35.5 Å². The normalized spacial score (nSPS) is 13.9. The maximum atomic E-state index is 13.5. The van der Waals surface area contributed by atoms with Gasteiger partial charge in [-0.15, -0.1) is 0 Å². The van der Waals surface area contributed by atoms with Gasteiger partial charge in [-0.1, -0.05) is 42.5 Å². The summed E-state index contributed by atoms with van der Waals surface area (Å²) in [5.74, 6) is 0.713. The first-order chi connectivity index (χ1) is 18.4. The average molecular weight is 509 g/mol. The van der Waals surface area contributed by atoms with Crippen LogP contribution in [0.5, 0.6) is 11.5 Å². The number of carbonyl (C=O) groups excluding carboxylic acids is 3. The standard InChI is InChI=1S/C30H25N3O5/c1-19(34)37-24-12-8-22(9-13-24)17-27-30(36)33-18-28(23-10-14-25(15-11-23)38-20(2)35)31-26(29(33)32-27)16-21-6-4-3-5-7-21/h3-15,18,27H,16-17H2,1-2H3/p+1. The summed E-state index contributed by atoms with van der Waals surface area (Å²) in [5, 5.41) is 3.39. The van der Waals surface area contributed by atoms with Crippen LogP contribution in [-0.4, -0.2) is 28.9 Å². The van der Waals surface area contributed by atoms with Crippen LogP contribution in [-0.2, 0) is 22.4 Å². The van der Waals surface area contributed by atoms with Crippen LogP contribution in [0.25, 0.3) is 11.3 Å². The van der Waals surface area contributed by atoms with Crippen molar-refractivity contribution >= 4 is 23.7 Å². The summed E-state index contributed by atoms with van der Waals surface area (Å²) in [6.07, 6.45) is 2.74. The molecule has 0 saturated heterocycles. The quantitative estimate of drug-likeness (QED) is 0.227. The minimum absolute atomic E-state index is 0.0847. The van der Waals surface area contributed by atoms with Crippen LogP contribution in [0, 0.1) is 0 Å². The number of nitrogens with zero attached hydrogens (tertiary/aromatic N) is 2. The van der Waals surface area contributed by atoms with Crippen molar-refractivity contribution < 1.29 is 28.4 Å². The number of benzene rings is 3. The highest BCUT2D eigenvalue weighted by Crippen LogP contribution is 2.26. The monoisotopic (exact) mass is 508 g/mol. The van der Waals surface area contributed by atoms with E-state index < -0.39 is 12.0 Å². The zero-order chi connectivity index (χ0) is 26.6. The fourth-order valence-electron chi connectivity index (χ4n) is 4.42. The molecule has 0 fully saturated rings. The fourth-order valence-corrected chi connectivity index (χ4v) is 4.42. The lowest BCUT2D eigenvalue weighted by Gasteiger charge is -2.08. The van der Waals surface area contributed by atoms with E-state index in [-0.39, 0.29) is 11.9 Å². The molecule has 8 nitrogen and oxygen atoms in total. The van der Waals surface area contributed by atoms with Gasteiger partial charge in [0.05, 0.1) is 0 Å². The van der Waals surface area contributed by atoms with Gasteiger partial charge in [0, 0.05) is 32.3 Å². The van der Waals surface area contributed by atoms with E-state index in [9.17, 15) is 14.4 Å². The summed E-state index contributed by atoms with van der Waals surface area (Å²) in [6.45, 7) is 2.71. The van der Waals surface area contributed by atoms with Crippen molar-refractivity contribution in [1.29, 1.82) is 0 Å². The van der Waals surface area contributed by atoms with Crippen molar-refractivity contribution in [3.8, 4) is 22.8 Å². The number of carbonyl (C=O) groups is 3. The highest BCUT2D eigenvalue weighted by atomic mass is 16.5. The van der Waals surface area contributed by atoms with Gasteiger partial charge in [0.15, 0.2) is 6.04 Å². The third kappa shape index (κ3) is 5.59. The molecule has 0 spiro atoms. The second-order valence-electron chi connectivity index (χ2n) is 9.05. The SMILES string of the molecule is CC(=O)Oc1ccc(CC2Nc3c(Cc4ccccc4)nc(-c4ccc(OC(C)=O)cc4)c[n+]3C2=O)cc1. The third-order valence-electron chi connectivity index (χ3n) is 6.12. The first-order valence-corrected chi connectivity index (χ1v) is 12.2. The Morgan fingerprint density at radius 1 is 0.842 bits per heavy atom. The molecule has 4 aromatic rings. The molecule has 0 saturated carbocycles. The Labute approximate surface area is 219 Å². The smallest absolute Gasteiger partial charge is 0.359 e. The molecule has 190 valence electrons. The van der Waals surface area contributed by atoms with Gasteiger partial charge in [0.2, 0.25) is 0 Å². The van der Waals surface area contributed by atoms with E-state index in [0.717, 1.165) is 22.4 Å². The molecule has 1 unspecified atom stereocenters. The minimum Gasteiger partial charge on any atom is -0.427 e. The largest absolute Gasteiger partial charge is 0.427 e. The predicted octanol–water partition coefficient (Wildman–Crippen LogP) is 4.15. The number of rotatable bonds is 7. The number of ether oxygens (including phenoxy) is 2. The molecular formula is C30H26N3O5+. The first-order valence-electron chi connectivity index (χ1n) is 12.2. The lowest BCUT2D eigenvalue weighted by molar-refractivity contribution is -0.552. The predicted molar refractivity (Wildman–Crippen MR) is 140 cm³/mol. The van der Waals surface area contributed by atoms with Crippen molar-refractivity contribution in [2.45, 2.75) is 32.7 Å². The number of aromatic nitrogens is 2. The van der Waals surface area contributed by atoms with Crippen LogP contribution in [0.15, 0.2) is 85.1 Å². The molecule has 0 bridgehead atoms. The Bertz CT molecular complexity index is 1500. The van der Waals surface area contributed by atoms with Gasteiger partial charge in [0.25, 0.3) is 0 Å². The lowest BCUT2D eigenvalue weighted by atomic mass is 10.1. The maximum Gasteiger partial charge on any atom is 0.359 e. The van der Waals surface area contributed by atoms with E-state index in [1.54, 1.807) is 35.0 Å². The number of anilines is 1. The Morgan fingerprint density at radius 3 is 2.05 bits per heavy atom. The molecule has 3 aromatic carbocycles. The van der Waals surface area contributed by atoms with E-state index in [2.05, 4.69) is 5.32 Å². The van der Waals surface area contributed by atoms with Crippen molar-refractivity contribution in [1.82, 2.24) is 4.98 Å². The Kier molecular flexibility index (Phi) is 6.95. The van der Waals surface area contributed by atoms with Crippen LogP contribution < -0.4 is 19.4 Å². The molecule has 1 aliphatic heterocycles. The minimum atomic E-state index is -0.479. The van der Waals surface area contributed by atoms with Crippen LogP contribution in [0.4, 0.5) is 5.82 Å². The molecule has 1 N–H and O–H groups in total. The zero-order valence-corrected chi connectivity index (χ0v) is 21.0. The number of fused-ring (bicyclic) bond motifs is 1. The van der Waals surface area contributed by atoms with Gasteiger partial charge >= 0.3 is 23.7 Å². The van der Waals surface area contributed by atoms with E-state index in [1.165, 1.54) is 13.8 Å². The second kappa shape index (κ2) is 10.6. The number of nitrogens with one attached hydrogen (secondary N) is 1. The van der Waals surface area contributed by atoms with E-state index >= 15 is 0 Å². The van der Waals surface area contributed by atoms with Gasteiger partial charge in [0.1, 0.15) is 29.1 Å². The molecule has 1 atom stereocenters. The van der Waals surface area contributed by atoms with Crippen molar-refractivity contribution in [3.63, 3.8) is 0 Å². The molecule has 1 aromatic heterocycles. The van der Waals surface area contributed by atoms with Crippen molar-refractivity contribution in [2.24, 2.45) is 0 Å².